The van der Waals surface area contributed by atoms with Crippen molar-refractivity contribution in [2.45, 2.75) is 6.54 Å². The second-order valence-corrected chi connectivity index (χ2v) is 5.19. The van der Waals surface area contributed by atoms with E-state index in [1.54, 1.807) is 22.3 Å². The third-order valence-electron chi connectivity index (χ3n) is 2.69. The van der Waals surface area contributed by atoms with E-state index in [2.05, 4.69) is 9.97 Å². The highest BCUT2D eigenvalue weighted by atomic mass is 32.1. The molecule has 0 aliphatic rings. The summed E-state index contributed by atoms with van der Waals surface area (Å²) in [5, 5.41) is 0.649. The van der Waals surface area contributed by atoms with Gasteiger partial charge in [-0.25, -0.2) is 0 Å². The predicted molar refractivity (Wildman–Crippen MR) is 74.6 cm³/mol. The Bertz CT molecular complexity index is 802. The molecule has 0 amide bonds. The Morgan fingerprint density at radius 2 is 2.22 bits per heavy atom. The summed E-state index contributed by atoms with van der Waals surface area (Å²) >= 11 is 6.74. The summed E-state index contributed by atoms with van der Waals surface area (Å²) < 4.78 is 2.00. The van der Waals surface area contributed by atoms with Crippen LogP contribution in [0, 0.1) is 4.77 Å². The van der Waals surface area contributed by atoms with Crippen LogP contribution in [0.15, 0.2) is 40.8 Å². The fraction of sp³-hybridized carbons (Fsp3) is 0.0833. The normalized spacial score (nSPS) is 10.9. The molecule has 0 bridgehead atoms. The highest BCUT2D eigenvalue weighted by Crippen LogP contribution is 2.10. The number of aromatic amines is 1. The van der Waals surface area contributed by atoms with Gasteiger partial charge in [0.1, 0.15) is 0 Å². The Morgan fingerprint density at radius 3 is 3.00 bits per heavy atom. The first-order valence-electron chi connectivity index (χ1n) is 5.35. The average Bonchev–Trinajstić information content (AvgIpc) is 2.87. The van der Waals surface area contributed by atoms with Crippen molar-refractivity contribution in [3.8, 4) is 0 Å². The van der Waals surface area contributed by atoms with Crippen LogP contribution < -0.4 is 5.56 Å². The molecule has 0 saturated heterocycles. The second kappa shape index (κ2) is 4.47. The number of benzene rings is 1. The molecule has 3 aromatic rings. The molecular weight excluding hydrogens is 266 g/mol. The van der Waals surface area contributed by atoms with E-state index >= 15 is 0 Å². The lowest BCUT2D eigenvalue weighted by molar-refractivity contribution is 0.742. The van der Waals surface area contributed by atoms with Crippen molar-refractivity contribution in [2.75, 3.05) is 0 Å². The van der Waals surface area contributed by atoms with Gasteiger partial charge < -0.3 is 4.98 Å². The molecule has 3 rings (SSSR count). The van der Waals surface area contributed by atoms with Gasteiger partial charge in [0, 0.05) is 11.1 Å². The molecule has 1 aromatic carbocycles. The summed E-state index contributed by atoms with van der Waals surface area (Å²) in [6.45, 7) is 0.462. The van der Waals surface area contributed by atoms with E-state index in [9.17, 15) is 4.79 Å². The number of nitrogens with one attached hydrogen (secondary N) is 1. The molecule has 2 heterocycles. The van der Waals surface area contributed by atoms with E-state index in [1.165, 1.54) is 11.3 Å². The molecule has 0 saturated carbocycles. The first-order chi connectivity index (χ1) is 8.75. The van der Waals surface area contributed by atoms with Crippen LogP contribution in [0.3, 0.4) is 0 Å². The summed E-state index contributed by atoms with van der Waals surface area (Å²) in [7, 11) is 0. The van der Waals surface area contributed by atoms with Crippen LogP contribution in [0.25, 0.3) is 10.9 Å². The van der Waals surface area contributed by atoms with E-state index < -0.39 is 0 Å². The van der Waals surface area contributed by atoms with E-state index in [4.69, 9.17) is 12.2 Å². The first kappa shape index (κ1) is 11.3. The lowest BCUT2D eigenvalue weighted by atomic mass is 10.2. The van der Waals surface area contributed by atoms with Gasteiger partial charge >= 0.3 is 0 Å². The van der Waals surface area contributed by atoms with Crippen LogP contribution in [-0.4, -0.2) is 14.5 Å². The minimum atomic E-state index is -0.0669. The molecule has 1 N–H and O–H groups in total. The maximum Gasteiger partial charge on any atom is 0.262 e. The Labute approximate surface area is 112 Å². The molecule has 4 nitrogen and oxygen atoms in total. The Kier molecular flexibility index (Phi) is 2.81. The van der Waals surface area contributed by atoms with Crippen molar-refractivity contribution in [3.63, 3.8) is 0 Å². The van der Waals surface area contributed by atoms with Crippen LogP contribution in [0.4, 0.5) is 0 Å². The third kappa shape index (κ3) is 1.89. The largest absolute Gasteiger partial charge is 0.332 e. The van der Waals surface area contributed by atoms with Gasteiger partial charge in [-0.05, 0) is 24.4 Å². The van der Waals surface area contributed by atoms with Crippen molar-refractivity contribution in [3.05, 3.63) is 56.0 Å². The smallest absolute Gasteiger partial charge is 0.262 e. The molecule has 0 atom stereocenters. The second-order valence-electron chi connectivity index (χ2n) is 3.83. The SMILES string of the molecule is O=c1c2ccccc2[nH]c(=S)n1Cc1cncs1. The van der Waals surface area contributed by atoms with E-state index in [0.717, 1.165) is 10.4 Å². The molecule has 0 aliphatic heterocycles. The maximum absolute atomic E-state index is 12.3. The Balaban J connectivity index is 2.23. The molecule has 6 heteroatoms. The quantitative estimate of drug-likeness (QED) is 0.731. The molecule has 2 aromatic heterocycles. The Morgan fingerprint density at radius 1 is 1.39 bits per heavy atom. The molecule has 0 spiro atoms. The number of H-pyrrole nitrogens is 1. The molecule has 18 heavy (non-hydrogen) atoms. The number of fused-ring (bicyclic) bond motifs is 1. The minimum absolute atomic E-state index is 0.0669. The monoisotopic (exact) mass is 275 g/mol. The first-order valence-corrected chi connectivity index (χ1v) is 6.64. The zero-order valence-corrected chi connectivity index (χ0v) is 10.9. The number of rotatable bonds is 2. The van der Waals surface area contributed by atoms with Gasteiger partial charge in [-0.1, -0.05) is 12.1 Å². The molecular formula is C12H9N3OS2. The van der Waals surface area contributed by atoms with Gasteiger partial charge in [-0.3, -0.25) is 14.3 Å². The molecule has 0 unspecified atom stereocenters. The summed E-state index contributed by atoms with van der Waals surface area (Å²) in [6, 6.07) is 7.37. The van der Waals surface area contributed by atoms with Crippen molar-refractivity contribution in [2.24, 2.45) is 0 Å². The van der Waals surface area contributed by atoms with Crippen molar-refractivity contribution in [1.82, 2.24) is 14.5 Å². The standard InChI is InChI=1S/C12H9N3OS2/c16-11-9-3-1-2-4-10(9)14-12(17)15(11)6-8-5-13-7-18-8/h1-5,7H,6H2,(H,14,17). The van der Waals surface area contributed by atoms with Crippen molar-refractivity contribution in [1.29, 1.82) is 0 Å². The fourth-order valence-corrected chi connectivity index (χ4v) is 2.66. The van der Waals surface area contributed by atoms with Crippen molar-refractivity contribution >= 4 is 34.5 Å². The van der Waals surface area contributed by atoms with Gasteiger partial charge in [-0.2, -0.15) is 0 Å². The summed E-state index contributed by atoms with van der Waals surface area (Å²) in [5.41, 5.74) is 2.45. The average molecular weight is 275 g/mol. The van der Waals surface area contributed by atoms with Crippen LogP contribution in [0.2, 0.25) is 0 Å². The number of para-hydroxylation sites is 1. The third-order valence-corrected chi connectivity index (χ3v) is 3.77. The molecule has 0 fully saturated rings. The topological polar surface area (TPSA) is 50.7 Å². The number of hydrogen-bond donors (Lipinski definition) is 1. The number of aromatic nitrogens is 3. The van der Waals surface area contributed by atoms with Crippen LogP contribution >= 0.6 is 23.6 Å². The molecule has 0 radical (unpaired) electrons. The number of nitrogens with zero attached hydrogens (tertiary/aromatic N) is 2. The minimum Gasteiger partial charge on any atom is -0.332 e. The van der Waals surface area contributed by atoms with E-state index in [0.29, 0.717) is 16.7 Å². The van der Waals surface area contributed by atoms with Crippen LogP contribution in [0.5, 0.6) is 0 Å². The number of thiazole rings is 1. The van der Waals surface area contributed by atoms with E-state index in [1.807, 2.05) is 18.2 Å². The number of hydrogen-bond acceptors (Lipinski definition) is 4. The lowest BCUT2D eigenvalue weighted by Crippen LogP contribution is -2.22. The highest BCUT2D eigenvalue weighted by molar-refractivity contribution is 7.71. The Hall–Kier alpha value is -1.79. The fourth-order valence-electron chi connectivity index (χ4n) is 1.82. The zero-order valence-electron chi connectivity index (χ0n) is 9.29. The molecule has 90 valence electrons. The maximum atomic E-state index is 12.3. The molecule has 0 aliphatic carbocycles. The zero-order chi connectivity index (χ0) is 12.5. The van der Waals surface area contributed by atoms with Crippen molar-refractivity contribution < 1.29 is 0 Å². The van der Waals surface area contributed by atoms with Crippen LogP contribution in [0.1, 0.15) is 4.88 Å². The summed E-state index contributed by atoms with van der Waals surface area (Å²) in [6.07, 6.45) is 1.75. The lowest BCUT2D eigenvalue weighted by Gasteiger charge is -2.06. The van der Waals surface area contributed by atoms with E-state index in [-0.39, 0.29) is 5.56 Å². The van der Waals surface area contributed by atoms with Gasteiger partial charge in [0.05, 0.1) is 23.0 Å². The van der Waals surface area contributed by atoms with Crippen LogP contribution in [-0.2, 0) is 6.54 Å². The summed E-state index contributed by atoms with van der Waals surface area (Å²) in [5.74, 6) is 0. The summed E-state index contributed by atoms with van der Waals surface area (Å²) in [4.78, 5) is 20.4. The van der Waals surface area contributed by atoms with Gasteiger partial charge in [0.25, 0.3) is 5.56 Å². The highest BCUT2D eigenvalue weighted by Gasteiger charge is 2.06. The predicted octanol–water partition coefficient (Wildman–Crippen LogP) is 2.56. The van der Waals surface area contributed by atoms with Gasteiger partial charge in [0.2, 0.25) is 0 Å². The van der Waals surface area contributed by atoms with Gasteiger partial charge in [0.15, 0.2) is 4.77 Å². The van der Waals surface area contributed by atoms with Gasteiger partial charge in [-0.15, -0.1) is 11.3 Å².